The number of para-hydroxylation sites is 2. The van der Waals surface area contributed by atoms with Gasteiger partial charge in [-0.05, 0) is 37.5 Å². The van der Waals surface area contributed by atoms with E-state index < -0.39 is 0 Å². The summed E-state index contributed by atoms with van der Waals surface area (Å²) in [5, 5.41) is 10.0. The zero-order valence-corrected chi connectivity index (χ0v) is 14.7. The van der Waals surface area contributed by atoms with Crippen molar-refractivity contribution in [3.63, 3.8) is 0 Å². The molecule has 3 aliphatic heterocycles. The van der Waals surface area contributed by atoms with E-state index in [0.717, 1.165) is 30.9 Å². The van der Waals surface area contributed by atoms with E-state index in [1.807, 2.05) is 24.3 Å². The van der Waals surface area contributed by atoms with Gasteiger partial charge < -0.3 is 9.47 Å². The monoisotopic (exact) mass is 344 g/mol. The van der Waals surface area contributed by atoms with E-state index in [1.54, 1.807) is 0 Å². The zero-order valence-electron chi connectivity index (χ0n) is 14.7. The van der Waals surface area contributed by atoms with Crippen LogP contribution in [0.4, 0.5) is 5.69 Å². The average Bonchev–Trinajstić information content (AvgIpc) is 3.07. The molecule has 3 atom stereocenters. The average molecular weight is 344 g/mol. The Morgan fingerprint density at radius 2 is 1.92 bits per heavy atom. The summed E-state index contributed by atoms with van der Waals surface area (Å²) < 4.78 is 12.4. The Bertz CT molecular complexity index is 926. The van der Waals surface area contributed by atoms with Crippen LogP contribution in [0.1, 0.15) is 29.9 Å². The van der Waals surface area contributed by atoms with Crippen LogP contribution in [0.2, 0.25) is 0 Å². The summed E-state index contributed by atoms with van der Waals surface area (Å²) in [5.74, 6) is 1.68. The number of rotatable bonds is 1. The molecule has 0 unspecified atom stereocenters. The number of hydrogen-bond acceptors (Lipinski definition) is 4. The lowest BCUT2D eigenvalue weighted by Crippen LogP contribution is -2.50. The highest BCUT2D eigenvalue weighted by Gasteiger charge is 2.49. The third kappa shape index (κ3) is 2.17. The minimum atomic E-state index is -0.0918. The molecule has 5 rings (SSSR count). The van der Waals surface area contributed by atoms with E-state index in [4.69, 9.17) is 9.47 Å². The van der Waals surface area contributed by atoms with Gasteiger partial charge in [-0.15, -0.1) is 0 Å². The molecule has 2 aromatic carbocycles. The molecule has 0 spiro atoms. The van der Waals surface area contributed by atoms with Crippen LogP contribution in [0.15, 0.2) is 60.0 Å². The standard InChI is InChI=1S/C22H20N2O2/c1-14-8-10-15(11-9-14)20-16-5-4-12-25-21(16)24-18-6-2-3-7-19(18)26-22(24)17(20)13-23/h2-3,6-11,16,20-21H,4-5,12H2,1H3/t16-,20-,21-/m0/s1. The smallest absolute Gasteiger partial charge is 0.217 e. The molecule has 3 heterocycles. The van der Waals surface area contributed by atoms with Gasteiger partial charge in [0.15, 0.2) is 5.75 Å². The maximum absolute atomic E-state index is 10.0. The van der Waals surface area contributed by atoms with Gasteiger partial charge in [-0.3, -0.25) is 4.90 Å². The van der Waals surface area contributed by atoms with Gasteiger partial charge in [-0.1, -0.05) is 42.0 Å². The number of hydrogen-bond donors (Lipinski definition) is 0. The van der Waals surface area contributed by atoms with Gasteiger partial charge in [-0.2, -0.15) is 5.26 Å². The van der Waals surface area contributed by atoms with E-state index in [9.17, 15) is 5.26 Å². The summed E-state index contributed by atoms with van der Waals surface area (Å²) in [6, 6.07) is 18.9. The molecule has 0 radical (unpaired) electrons. The maximum Gasteiger partial charge on any atom is 0.217 e. The van der Waals surface area contributed by atoms with Crippen LogP contribution in [-0.4, -0.2) is 12.8 Å². The summed E-state index contributed by atoms with van der Waals surface area (Å²) >= 11 is 0. The van der Waals surface area contributed by atoms with Gasteiger partial charge in [0.2, 0.25) is 5.88 Å². The highest BCUT2D eigenvalue weighted by molar-refractivity contribution is 5.70. The summed E-state index contributed by atoms with van der Waals surface area (Å²) in [7, 11) is 0. The number of benzene rings is 2. The van der Waals surface area contributed by atoms with Gasteiger partial charge in [0.25, 0.3) is 0 Å². The molecule has 0 aliphatic carbocycles. The van der Waals surface area contributed by atoms with Crippen molar-refractivity contribution in [2.45, 2.75) is 31.9 Å². The van der Waals surface area contributed by atoms with Crippen LogP contribution < -0.4 is 9.64 Å². The van der Waals surface area contributed by atoms with Crippen LogP contribution in [0.3, 0.4) is 0 Å². The largest absolute Gasteiger partial charge is 0.437 e. The Balaban J connectivity index is 1.70. The number of ether oxygens (including phenoxy) is 2. The minimum absolute atomic E-state index is 0.00598. The molecular formula is C22H20N2O2. The first kappa shape index (κ1) is 15.5. The van der Waals surface area contributed by atoms with E-state index >= 15 is 0 Å². The summed E-state index contributed by atoms with van der Waals surface area (Å²) in [6.45, 7) is 2.83. The number of fused-ring (bicyclic) bond motifs is 5. The lowest BCUT2D eigenvalue weighted by molar-refractivity contribution is -0.0367. The van der Waals surface area contributed by atoms with E-state index in [2.05, 4.69) is 42.2 Å². The van der Waals surface area contributed by atoms with Crippen molar-refractivity contribution < 1.29 is 9.47 Å². The van der Waals surface area contributed by atoms with E-state index in [0.29, 0.717) is 11.5 Å². The van der Waals surface area contributed by atoms with Crippen molar-refractivity contribution in [3.05, 3.63) is 71.1 Å². The second kappa shape index (κ2) is 5.89. The summed E-state index contributed by atoms with van der Waals surface area (Å²) in [5.41, 5.74) is 4.09. The topological polar surface area (TPSA) is 45.5 Å². The Labute approximate surface area is 153 Å². The van der Waals surface area contributed by atoms with Crippen molar-refractivity contribution in [1.82, 2.24) is 0 Å². The molecule has 3 aliphatic rings. The number of aryl methyl sites for hydroxylation is 1. The van der Waals surface area contributed by atoms with Gasteiger partial charge in [-0.25, -0.2) is 0 Å². The maximum atomic E-state index is 10.0. The van der Waals surface area contributed by atoms with Gasteiger partial charge >= 0.3 is 0 Å². The van der Waals surface area contributed by atoms with Crippen LogP contribution in [0.25, 0.3) is 0 Å². The SMILES string of the molecule is Cc1ccc([C@@H]2C(C#N)=C3Oc4ccccc4N3[C@H]3OCCC[C@@H]23)cc1. The lowest BCUT2D eigenvalue weighted by Gasteiger charge is -2.45. The Morgan fingerprint density at radius 3 is 2.73 bits per heavy atom. The van der Waals surface area contributed by atoms with Crippen LogP contribution in [0, 0.1) is 24.2 Å². The molecule has 1 fully saturated rings. The molecule has 0 N–H and O–H groups in total. The summed E-state index contributed by atoms with van der Waals surface area (Å²) in [4.78, 5) is 2.10. The Kier molecular flexibility index (Phi) is 3.51. The van der Waals surface area contributed by atoms with Crippen LogP contribution >= 0.6 is 0 Å². The van der Waals surface area contributed by atoms with Gasteiger partial charge in [0, 0.05) is 18.4 Å². The number of allylic oxidation sites excluding steroid dienone is 1. The second-order valence-electron chi connectivity index (χ2n) is 7.23. The second-order valence-corrected chi connectivity index (χ2v) is 7.23. The van der Waals surface area contributed by atoms with Crippen LogP contribution in [-0.2, 0) is 4.74 Å². The molecule has 26 heavy (non-hydrogen) atoms. The summed E-state index contributed by atoms with van der Waals surface area (Å²) in [6.07, 6.45) is 1.97. The Morgan fingerprint density at radius 1 is 1.12 bits per heavy atom. The van der Waals surface area contributed by atoms with Crippen LogP contribution in [0.5, 0.6) is 5.75 Å². The van der Waals surface area contributed by atoms with E-state index in [1.165, 1.54) is 11.1 Å². The number of nitrogens with zero attached hydrogens (tertiary/aromatic N) is 2. The predicted octanol–water partition coefficient (Wildman–Crippen LogP) is 4.48. The van der Waals surface area contributed by atoms with Crippen molar-refractivity contribution in [2.24, 2.45) is 5.92 Å². The highest BCUT2D eigenvalue weighted by Crippen LogP contribution is 2.52. The molecule has 130 valence electrons. The zero-order chi connectivity index (χ0) is 17.7. The van der Waals surface area contributed by atoms with E-state index in [-0.39, 0.29) is 18.1 Å². The first-order chi connectivity index (χ1) is 12.8. The predicted molar refractivity (Wildman–Crippen MR) is 98.6 cm³/mol. The quantitative estimate of drug-likeness (QED) is 0.765. The van der Waals surface area contributed by atoms with Crippen molar-refractivity contribution >= 4 is 5.69 Å². The van der Waals surface area contributed by atoms with Gasteiger partial charge in [0.05, 0.1) is 11.3 Å². The highest BCUT2D eigenvalue weighted by atomic mass is 16.5. The Hall–Kier alpha value is -2.77. The molecule has 1 saturated heterocycles. The molecule has 0 aromatic heterocycles. The molecule has 4 heteroatoms. The molecular weight excluding hydrogens is 324 g/mol. The molecule has 0 amide bonds. The molecule has 2 aromatic rings. The minimum Gasteiger partial charge on any atom is -0.437 e. The fraction of sp³-hybridized carbons (Fsp3) is 0.318. The molecule has 0 bridgehead atoms. The first-order valence-corrected chi connectivity index (χ1v) is 9.16. The molecule has 4 nitrogen and oxygen atoms in total. The number of anilines is 1. The third-order valence-electron chi connectivity index (χ3n) is 5.67. The third-order valence-corrected chi connectivity index (χ3v) is 5.67. The van der Waals surface area contributed by atoms with Crippen molar-refractivity contribution in [2.75, 3.05) is 11.5 Å². The normalized spacial score (nSPS) is 26.5. The number of nitriles is 1. The van der Waals surface area contributed by atoms with Gasteiger partial charge in [0.1, 0.15) is 12.3 Å². The lowest BCUT2D eigenvalue weighted by atomic mass is 9.74. The fourth-order valence-electron chi connectivity index (χ4n) is 4.48. The van der Waals surface area contributed by atoms with Crippen molar-refractivity contribution in [3.8, 4) is 11.8 Å². The fourth-order valence-corrected chi connectivity index (χ4v) is 4.48. The van der Waals surface area contributed by atoms with Crippen molar-refractivity contribution in [1.29, 1.82) is 5.26 Å². The molecule has 0 saturated carbocycles. The first-order valence-electron chi connectivity index (χ1n) is 9.16.